The Morgan fingerprint density at radius 3 is 2.42 bits per heavy atom. The minimum Gasteiger partial charge on any atom is -0.497 e. The van der Waals surface area contributed by atoms with Gasteiger partial charge in [0.15, 0.2) is 11.5 Å². The van der Waals surface area contributed by atoms with Gasteiger partial charge in [-0.05, 0) is 55.8 Å². The molecule has 0 saturated carbocycles. The lowest BCUT2D eigenvalue weighted by Crippen LogP contribution is -2.17. The maximum atomic E-state index is 12.1. The summed E-state index contributed by atoms with van der Waals surface area (Å²) in [6.07, 6.45) is 1.44. The maximum Gasteiger partial charge on any atom is 0.271 e. The SMILES string of the molecule is COc1ccc(C(=O)N/N=C\c2cc(Cl)c(OC(C)C)c(OC)c2)cc1. The van der Waals surface area contributed by atoms with E-state index in [2.05, 4.69) is 10.5 Å². The Morgan fingerprint density at radius 1 is 1.15 bits per heavy atom. The summed E-state index contributed by atoms with van der Waals surface area (Å²) in [7, 11) is 3.10. The predicted octanol–water partition coefficient (Wildman–Crippen LogP) is 3.91. The molecule has 2 aromatic rings. The monoisotopic (exact) mass is 376 g/mol. The summed E-state index contributed by atoms with van der Waals surface area (Å²) >= 11 is 6.26. The van der Waals surface area contributed by atoms with E-state index in [9.17, 15) is 4.79 Å². The number of ether oxygens (including phenoxy) is 3. The van der Waals surface area contributed by atoms with E-state index in [0.29, 0.717) is 33.4 Å². The number of nitrogens with one attached hydrogen (secondary N) is 1. The number of halogens is 1. The highest BCUT2D eigenvalue weighted by atomic mass is 35.5. The van der Waals surface area contributed by atoms with Crippen molar-refractivity contribution < 1.29 is 19.0 Å². The molecule has 6 nitrogen and oxygen atoms in total. The smallest absolute Gasteiger partial charge is 0.271 e. The molecule has 0 bridgehead atoms. The highest BCUT2D eigenvalue weighted by molar-refractivity contribution is 6.32. The van der Waals surface area contributed by atoms with Gasteiger partial charge in [-0.1, -0.05) is 11.6 Å². The van der Waals surface area contributed by atoms with Crippen LogP contribution in [0.1, 0.15) is 29.8 Å². The first-order chi connectivity index (χ1) is 12.4. The summed E-state index contributed by atoms with van der Waals surface area (Å²) in [5, 5.41) is 4.36. The normalized spacial score (nSPS) is 10.8. The number of carbonyl (C=O) groups is 1. The van der Waals surface area contributed by atoms with Gasteiger partial charge < -0.3 is 14.2 Å². The van der Waals surface area contributed by atoms with Crippen molar-refractivity contribution in [2.75, 3.05) is 14.2 Å². The molecule has 0 aliphatic rings. The summed E-state index contributed by atoms with van der Waals surface area (Å²) in [5.41, 5.74) is 3.60. The molecular formula is C19H21ClN2O4. The van der Waals surface area contributed by atoms with E-state index in [4.69, 9.17) is 25.8 Å². The Labute approximate surface area is 157 Å². The Kier molecular flexibility index (Phi) is 6.86. The van der Waals surface area contributed by atoms with E-state index >= 15 is 0 Å². The van der Waals surface area contributed by atoms with Crippen LogP contribution in [0.3, 0.4) is 0 Å². The van der Waals surface area contributed by atoms with Crippen LogP contribution in [0.25, 0.3) is 0 Å². The number of hydrogen-bond acceptors (Lipinski definition) is 5. The zero-order valence-corrected chi connectivity index (χ0v) is 15.8. The Bertz CT molecular complexity index is 789. The Balaban J connectivity index is 2.09. The van der Waals surface area contributed by atoms with Crippen molar-refractivity contribution in [2.24, 2.45) is 5.10 Å². The fourth-order valence-electron chi connectivity index (χ4n) is 2.14. The van der Waals surface area contributed by atoms with Gasteiger partial charge in [0, 0.05) is 5.56 Å². The topological polar surface area (TPSA) is 69.2 Å². The molecule has 0 spiro atoms. The number of benzene rings is 2. The van der Waals surface area contributed by atoms with Crippen LogP contribution in [0.2, 0.25) is 5.02 Å². The molecule has 0 atom stereocenters. The van der Waals surface area contributed by atoms with Gasteiger partial charge in [-0.3, -0.25) is 4.79 Å². The minimum atomic E-state index is -0.332. The van der Waals surface area contributed by atoms with Gasteiger partial charge in [0.05, 0.1) is 31.6 Å². The van der Waals surface area contributed by atoms with Crippen molar-refractivity contribution >= 4 is 23.7 Å². The van der Waals surface area contributed by atoms with Gasteiger partial charge in [-0.25, -0.2) is 5.43 Å². The van der Waals surface area contributed by atoms with Crippen LogP contribution in [0.5, 0.6) is 17.2 Å². The quantitative estimate of drug-likeness (QED) is 0.587. The van der Waals surface area contributed by atoms with E-state index in [1.807, 2.05) is 13.8 Å². The Hall–Kier alpha value is -2.73. The molecule has 0 unspecified atom stereocenters. The lowest BCUT2D eigenvalue weighted by Gasteiger charge is -2.15. The second-order valence-corrected chi connectivity index (χ2v) is 6.04. The first-order valence-corrected chi connectivity index (χ1v) is 8.34. The Morgan fingerprint density at radius 2 is 1.85 bits per heavy atom. The van der Waals surface area contributed by atoms with Gasteiger partial charge in [0.1, 0.15) is 5.75 Å². The predicted molar refractivity (Wildman–Crippen MR) is 102 cm³/mol. The molecule has 0 fully saturated rings. The molecule has 138 valence electrons. The van der Waals surface area contributed by atoms with E-state index in [0.717, 1.165) is 0 Å². The maximum absolute atomic E-state index is 12.1. The van der Waals surface area contributed by atoms with E-state index < -0.39 is 0 Å². The molecule has 0 heterocycles. The molecule has 1 amide bonds. The van der Waals surface area contributed by atoms with Gasteiger partial charge in [-0.15, -0.1) is 0 Å². The van der Waals surface area contributed by atoms with Crippen LogP contribution in [0.15, 0.2) is 41.5 Å². The van der Waals surface area contributed by atoms with Crippen molar-refractivity contribution in [1.29, 1.82) is 0 Å². The largest absolute Gasteiger partial charge is 0.497 e. The summed E-state index contributed by atoms with van der Waals surface area (Å²) in [5.74, 6) is 1.31. The van der Waals surface area contributed by atoms with Gasteiger partial charge >= 0.3 is 0 Å². The number of hydrazone groups is 1. The molecular weight excluding hydrogens is 356 g/mol. The van der Waals surface area contributed by atoms with Crippen molar-refractivity contribution in [3.8, 4) is 17.2 Å². The number of rotatable bonds is 7. The first kappa shape index (κ1) is 19.6. The van der Waals surface area contributed by atoms with Crippen LogP contribution in [-0.4, -0.2) is 32.4 Å². The van der Waals surface area contributed by atoms with Gasteiger partial charge in [-0.2, -0.15) is 5.10 Å². The third-order valence-corrected chi connectivity index (χ3v) is 3.62. The first-order valence-electron chi connectivity index (χ1n) is 7.96. The molecule has 0 radical (unpaired) electrons. The average Bonchev–Trinajstić information content (AvgIpc) is 2.63. The highest BCUT2D eigenvalue weighted by Crippen LogP contribution is 2.36. The summed E-state index contributed by atoms with van der Waals surface area (Å²) < 4.78 is 16.0. The zero-order chi connectivity index (χ0) is 19.1. The molecule has 1 N–H and O–H groups in total. The van der Waals surface area contributed by atoms with Crippen molar-refractivity contribution in [1.82, 2.24) is 5.43 Å². The molecule has 2 rings (SSSR count). The number of nitrogens with zero attached hydrogens (tertiary/aromatic N) is 1. The molecule has 26 heavy (non-hydrogen) atoms. The summed E-state index contributed by atoms with van der Waals surface area (Å²) in [6.45, 7) is 3.81. The molecule has 0 saturated heterocycles. The standard InChI is InChI=1S/C19H21ClN2O4/c1-12(2)26-18-16(20)9-13(10-17(18)25-4)11-21-22-19(23)14-5-7-15(24-3)8-6-14/h5-12H,1-4H3,(H,22,23)/b21-11-. The van der Waals surface area contributed by atoms with Crippen LogP contribution in [0.4, 0.5) is 0 Å². The summed E-state index contributed by atoms with van der Waals surface area (Å²) in [4.78, 5) is 12.1. The zero-order valence-electron chi connectivity index (χ0n) is 15.1. The fraction of sp³-hybridized carbons (Fsp3) is 0.263. The van der Waals surface area contributed by atoms with E-state index in [-0.39, 0.29) is 12.0 Å². The second-order valence-electron chi connectivity index (χ2n) is 5.63. The van der Waals surface area contributed by atoms with Crippen molar-refractivity contribution in [3.05, 3.63) is 52.5 Å². The summed E-state index contributed by atoms with van der Waals surface area (Å²) in [6, 6.07) is 10.1. The van der Waals surface area contributed by atoms with Crippen LogP contribution in [-0.2, 0) is 0 Å². The number of methoxy groups -OCH3 is 2. The van der Waals surface area contributed by atoms with Crippen molar-refractivity contribution in [2.45, 2.75) is 20.0 Å². The highest BCUT2D eigenvalue weighted by Gasteiger charge is 2.13. The third-order valence-electron chi connectivity index (χ3n) is 3.34. The molecule has 0 aromatic heterocycles. The van der Waals surface area contributed by atoms with Crippen molar-refractivity contribution in [3.63, 3.8) is 0 Å². The fourth-order valence-corrected chi connectivity index (χ4v) is 2.40. The number of hydrogen-bond donors (Lipinski definition) is 1. The molecule has 0 aliphatic carbocycles. The number of carbonyl (C=O) groups excluding carboxylic acids is 1. The number of amides is 1. The average molecular weight is 377 g/mol. The lowest BCUT2D eigenvalue weighted by molar-refractivity contribution is 0.0955. The minimum absolute atomic E-state index is 0.0373. The van der Waals surface area contributed by atoms with Crippen LogP contribution in [0, 0.1) is 0 Å². The molecule has 2 aromatic carbocycles. The van der Waals surface area contributed by atoms with Crippen LogP contribution >= 0.6 is 11.6 Å². The van der Waals surface area contributed by atoms with Crippen LogP contribution < -0.4 is 19.6 Å². The van der Waals surface area contributed by atoms with E-state index in [1.165, 1.54) is 13.3 Å². The molecule has 7 heteroatoms. The van der Waals surface area contributed by atoms with E-state index in [1.54, 1.807) is 43.5 Å². The van der Waals surface area contributed by atoms with Gasteiger partial charge in [0.2, 0.25) is 0 Å². The lowest BCUT2D eigenvalue weighted by atomic mass is 10.2. The van der Waals surface area contributed by atoms with Gasteiger partial charge in [0.25, 0.3) is 5.91 Å². The second kappa shape index (κ2) is 9.10. The third kappa shape index (κ3) is 5.13. The molecule has 0 aliphatic heterocycles.